The van der Waals surface area contributed by atoms with Gasteiger partial charge in [0.2, 0.25) is 0 Å². The number of hydrogen-bond acceptors (Lipinski definition) is 7. The predicted octanol–water partition coefficient (Wildman–Crippen LogP) is 1.16. The maximum atomic E-state index is 12.6. The molecule has 0 saturated carbocycles. The third kappa shape index (κ3) is 3.61. The molecule has 0 spiro atoms. The van der Waals surface area contributed by atoms with Gasteiger partial charge in [-0.3, -0.25) is 14.3 Å². The molecule has 1 saturated heterocycles. The summed E-state index contributed by atoms with van der Waals surface area (Å²) in [6.45, 7) is 4.51. The van der Waals surface area contributed by atoms with Crippen molar-refractivity contribution in [1.29, 1.82) is 0 Å². The summed E-state index contributed by atoms with van der Waals surface area (Å²) < 4.78 is 6.63. The molecule has 0 atom stereocenters. The molecule has 0 bridgehead atoms. The van der Waals surface area contributed by atoms with Gasteiger partial charge in [0, 0.05) is 51.4 Å². The lowest BCUT2D eigenvalue weighted by atomic mass is 10.2. The molecule has 0 N–H and O–H groups in total. The zero-order chi connectivity index (χ0) is 18.6. The molecule has 27 heavy (non-hydrogen) atoms. The van der Waals surface area contributed by atoms with Gasteiger partial charge >= 0.3 is 0 Å². The summed E-state index contributed by atoms with van der Waals surface area (Å²) in [7, 11) is 1.62. The van der Waals surface area contributed by atoms with E-state index >= 15 is 0 Å². The Bertz CT molecular complexity index is 967. The molecule has 8 heteroatoms. The summed E-state index contributed by atoms with van der Waals surface area (Å²) in [6.07, 6.45) is 6.80. The normalized spacial score (nSPS) is 14.7. The van der Waals surface area contributed by atoms with Gasteiger partial charge in [-0.2, -0.15) is 0 Å². The number of hydrogen-bond donors (Lipinski definition) is 0. The minimum atomic E-state index is -0.0314. The van der Waals surface area contributed by atoms with Crippen molar-refractivity contribution < 1.29 is 4.74 Å². The molecule has 3 aromatic rings. The largest absolute Gasteiger partial charge is 0.383 e. The van der Waals surface area contributed by atoms with Crippen molar-refractivity contribution in [2.45, 2.75) is 6.54 Å². The van der Waals surface area contributed by atoms with Gasteiger partial charge in [0.15, 0.2) is 0 Å². The van der Waals surface area contributed by atoms with E-state index in [-0.39, 0.29) is 5.56 Å². The van der Waals surface area contributed by atoms with E-state index in [1.165, 1.54) is 0 Å². The van der Waals surface area contributed by atoms with Crippen molar-refractivity contribution >= 4 is 22.4 Å². The van der Waals surface area contributed by atoms with E-state index in [0.29, 0.717) is 18.5 Å². The first-order valence-electron chi connectivity index (χ1n) is 9.00. The van der Waals surface area contributed by atoms with Crippen LogP contribution in [0.2, 0.25) is 0 Å². The second-order valence-electron chi connectivity index (χ2n) is 6.48. The van der Waals surface area contributed by atoms with Crippen LogP contribution in [0.4, 0.5) is 11.5 Å². The Hall–Kier alpha value is -3.00. The average molecular weight is 366 g/mol. The fraction of sp³-hybridized carbons (Fsp3) is 0.368. The fourth-order valence-electron chi connectivity index (χ4n) is 3.34. The van der Waals surface area contributed by atoms with Crippen LogP contribution in [0.1, 0.15) is 0 Å². The Morgan fingerprint density at radius 2 is 1.89 bits per heavy atom. The van der Waals surface area contributed by atoms with Crippen LogP contribution in [0.25, 0.3) is 10.9 Å². The molecule has 0 radical (unpaired) electrons. The number of rotatable bonds is 5. The number of piperazine rings is 1. The van der Waals surface area contributed by atoms with Gasteiger partial charge in [0.05, 0.1) is 36.6 Å². The molecule has 1 aromatic carbocycles. The van der Waals surface area contributed by atoms with E-state index in [4.69, 9.17) is 4.74 Å². The van der Waals surface area contributed by atoms with Crippen LogP contribution >= 0.6 is 0 Å². The fourth-order valence-corrected chi connectivity index (χ4v) is 3.34. The maximum absolute atomic E-state index is 12.6. The summed E-state index contributed by atoms with van der Waals surface area (Å²) >= 11 is 0. The number of benzene rings is 1. The molecule has 1 aliphatic heterocycles. The molecule has 8 nitrogen and oxygen atoms in total. The van der Waals surface area contributed by atoms with Crippen LogP contribution in [0, 0.1) is 0 Å². The lowest BCUT2D eigenvalue weighted by molar-refractivity contribution is 0.186. The second kappa shape index (κ2) is 7.71. The first-order valence-corrected chi connectivity index (χ1v) is 9.00. The zero-order valence-corrected chi connectivity index (χ0v) is 15.3. The molecule has 3 heterocycles. The predicted molar refractivity (Wildman–Crippen MR) is 104 cm³/mol. The number of ether oxygens (including phenoxy) is 1. The molecule has 0 aliphatic carbocycles. The quantitative estimate of drug-likeness (QED) is 0.671. The zero-order valence-electron chi connectivity index (χ0n) is 15.3. The second-order valence-corrected chi connectivity index (χ2v) is 6.48. The van der Waals surface area contributed by atoms with Gasteiger partial charge in [0.25, 0.3) is 5.56 Å². The SMILES string of the molecule is COCCn1cnc2cc(N3CCN(c4cnccn4)CC3)ccc2c1=O. The van der Waals surface area contributed by atoms with Crippen molar-refractivity contribution in [2.75, 3.05) is 49.7 Å². The van der Waals surface area contributed by atoms with E-state index in [0.717, 1.165) is 43.2 Å². The lowest BCUT2D eigenvalue weighted by Crippen LogP contribution is -2.46. The van der Waals surface area contributed by atoms with Crippen molar-refractivity contribution in [1.82, 2.24) is 19.5 Å². The van der Waals surface area contributed by atoms with Gasteiger partial charge in [-0.15, -0.1) is 0 Å². The van der Waals surface area contributed by atoms with Crippen molar-refractivity contribution in [3.05, 3.63) is 53.5 Å². The van der Waals surface area contributed by atoms with E-state index in [2.05, 4.69) is 24.8 Å². The summed E-state index contributed by atoms with van der Waals surface area (Å²) in [5.74, 6) is 0.911. The molecule has 4 rings (SSSR count). The Balaban J connectivity index is 1.51. The molecular weight excluding hydrogens is 344 g/mol. The standard InChI is InChI=1S/C19H22N6O2/c1-27-11-10-25-14-22-17-12-15(2-3-16(17)19(25)26)23-6-8-24(9-7-23)18-13-20-4-5-21-18/h2-5,12-14H,6-11H2,1H3. The summed E-state index contributed by atoms with van der Waals surface area (Å²) in [6, 6.07) is 5.87. The number of fused-ring (bicyclic) bond motifs is 1. The molecule has 2 aromatic heterocycles. The molecule has 0 unspecified atom stereocenters. The molecular formula is C19H22N6O2. The van der Waals surface area contributed by atoms with Crippen LogP contribution < -0.4 is 15.4 Å². The first-order chi connectivity index (χ1) is 13.3. The lowest BCUT2D eigenvalue weighted by Gasteiger charge is -2.36. The topological polar surface area (TPSA) is 76.4 Å². The number of nitrogens with zero attached hydrogens (tertiary/aromatic N) is 6. The number of methoxy groups -OCH3 is 1. The maximum Gasteiger partial charge on any atom is 0.261 e. The van der Waals surface area contributed by atoms with Crippen LogP contribution in [-0.2, 0) is 11.3 Å². The van der Waals surface area contributed by atoms with Crippen LogP contribution in [-0.4, -0.2) is 59.4 Å². The minimum absolute atomic E-state index is 0.0314. The highest BCUT2D eigenvalue weighted by molar-refractivity contribution is 5.81. The van der Waals surface area contributed by atoms with Gasteiger partial charge in [0.1, 0.15) is 5.82 Å². The Morgan fingerprint density at radius 3 is 2.63 bits per heavy atom. The Kier molecular flexibility index (Phi) is 4.97. The third-order valence-corrected chi connectivity index (χ3v) is 4.86. The van der Waals surface area contributed by atoms with E-state index < -0.39 is 0 Å². The molecule has 140 valence electrons. The van der Waals surface area contributed by atoms with Crippen LogP contribution in [0.5, 0.6) is 0 Å². The Morgan fingerprint density at radius 1 is 1.07 bits per heavy atom. The van der Waals surface area contributed by atoms with E-state index in [1.54, 1.807) is 36.6 Å². The van der Waals surface area contributed by atoms with Crippen molar-refractivity contribution in [3.63, 3.8) is 0 Å². The molecule has 0 amide bonds. The summed E-state index contributed by atoms with van der Waals surface area (Å²) in [5, 5.41) is 0.635. The molecule has 1 aliphatic rings. The minimum Gasteiger partial charge on any atom is -0.383 e. The highest BCUT2D eigenvalue weighted by Gasteiger charge is 2.19. The number of anilines is 2. The summed E-state index contributed by atoms with van der Waals surface area (Å²) in [4.78, 5) is 30.1. The van der Waals surface area contributed by atoms with Crippen LogP contribution in [0.3, 0.4) is 0 Å². The van der Waals surface area contributed by atoms with E-state index in [1.807, 2.05) is 18.2 Å². The number of aromatic nitrogens is 4. The third-order valence-electron chi connectivity index (χ3n) is 4.86. The van der Waals surface area contributed by atoms with Gasteiger partial charge in [-0.25, -0.2) is 9.97 Å². The molecule has 1 fully saturated rings. The van der Waals surface area contributed by atoms with Crippen LogP contribution in [0.15, 0.2) is 47.9 Å². The van der Waals surface area contributed by atoms with Gasteiger partial charge in [-0.05, 0) is 18.2 Å². The van der Waals surface area contributed by atoms with E-state index in [9.17, 15) is 4.79 Å². The van der Waals surface area contributed by atoms with Gasteiger partial charge in [-0.1, -0.05) is 0 Å². The van der Waals surface area contributed by atoms with Crippen molar-refractivity contribution in [2.24, 2.45) is 0 Å². The Labute approximate surface area is 157 Å². The smallest absolute Gasteiger partial charge is 0.261 e. The van der Waals surface area contributed by atoms with Gasteiger partial charge < -0.3 is 14.5 Å². The summed E-state index contributed by atoms with van der Waals surface area (Å²) in [5.41, 5.74) is 1.78. The monoisotopic (exact) mass is 366 g/mol. The first kappa shape index (κ1) is 17.4. The van der Waals surface area contributed by atoms with Crippen molar-refractivity contribution in [3.8, 4) is 0 Å². The highest BCUT2D eigenvalue weighted by Crippen LogP contribution is 2.21. The highest BCUT2D eigenvalue weighted by atomic mass is 16.5. The average Bonchev–Trinajstić information content (AvgIpc) is 2.74.